The van der Waals surface area contributed by atoms with E-state index >= 15 is 0 Å². The van der Waals surface area contributed by atoms with Gasteiger partial charge in [-0.3, -0.25) is 4.68 Å². The third kappa shape index (κ3) is 3.70. The third-order valence-corrected chi connectivity index (χ3v) is 5.07. The van der Waals surface area contributed by atoms with E-state index in [1.54, 1.807) is 0 Å². The van der Waals surface area contributed by atoms with Crippen LogP contribution >= 0.6 is 0 Å². The summed E-state index contributed by atoms with van der Waals surface area (Å²) in [5.74, 6) is 0.405. The number of aryl methyl sites for hydroxylation is 1. The van der Waals surface area contributed by atoms with Gasteiger partial charge < -0.3 is 5.73 Å². The summed E-state index contributed by atoms with van der Waals surface area (Å²) in [7, 11) is -3.61. The minimum Gasteiger partial charge on any atom is -0.381 e. The zero-order valence-corrected chi connectivity index (χ0v) is 13.1. The standard InChI is InChI=1S/C12H24N4O2S/c1-6-16-7-10(11(13)15-16)19(17,18)14-8-12(4,5)9(2)3/h7,9,14H,6,8H2,1-5H3,(H2,13,15). The van der Waals surface area contributed by atoms with Gasteiger partial charge >= 0.3 is 0 Å². The Morgan fingerprint density at radius 2 is 2.05 bits per heavy atom. The number of nitrogen functional groups attached to an aromatic ring is 1. The molecule has 19 heavy (non-hydrogen) atoms. The van der Waals surface area contributed by atoms with Crippen LogP contribution in [0.15, 0.2) is 11.1 Å². The lowest BCUT2D eigenvalue weighted by Gasteiger charge is -2.29. The van der Waals surface area contributed by atoms with Gasteiger partial charge in [-0.15, -0.1) is 0 Å². The number of nitrogens with zero attached hydrogens (tertiary/aromatic N) is 2. The molecule has 7 heteroatoms. The molecule has 0 saturated carbocycles. The van der Waals surface area contributed by atoms with Crippen LogP contribution in [0.4, 0.5) is 5.82 Å². The highest BCUT2D eigenvalue weighted by Gasteiger charge is 2.27. The van der Waals surface area contributed by atoms with Crippen LogP contribution < -0.4 is 10.5 Å². The Kier molecular flexibility index (Phi) is 4.63. The van der Waals surface area contributed by atoms with Crippen LogP contribution in [-0.4, -0.2) is 24.7 Å². The second-order valence-corrected chi connectivity index (χ2v) is 7.44. The van der Waals surface area contributed by atoms with Gasteiger partial charge in [0.2, 0.25) is 10.0 Å². The van der Waals surface area contributed by atoms with Crippen molar-refractivity contribution in [3.63, 3.8) is 0 Å². The average Bonchev–Trinajstić information content (AvgIpc) is 2.69. The number of anilines is 1. The molecule has 0 spiro atoms. The number of hydrogen-bond acceptors (Lipinski definition) is 4. The molecule has 0 aromatic carbocycles. The molecular formula is C12H24N4O2S. The molecule has 1 heterocycles. The highest BCUT2D eigenvalue weighted by Crippen LogP contribution is 2.26. The molecule has 0 bridgehead atoms. The van der Waals surface area contributed by atoms with Crippen LogP contribution in [0.1, 0.15) is 34.6 Å². The molecule has 0 atom stereocenters. The molecule has 6 nitrogen and oxygen atoms in total. The molecule has 3 N–H and O–H groups in total. The molecule has 0 amide bonds. The molecule has 0 aliphatic carbocycles. The maximum Gasteiger partial charge on any atom is 0.245 e. The van der Waals surface area contributed by atoms with Crippen molar-refractivity contribution in [2.45, 2.75) is 46.1 Å². The van der Waals surface area contributed by atoms with Gasteiger partial charge in [-0.1, -0.05) is 27.7 Å². The average molecular weight is 288 g/mol. The van der Waals surface area contributed by atoms with E-state index in [1.165, 1.54) is 10.9 Å². The fourth-order valence-corrected chi connectivity index (χ4v) is 2.64. The van der Waals surface area contributed by atoms with E-state index in [0.717, 1.165) is 0 Å². The number of nitrogens with two attached hydrogens (primary N) is 1. The van der Waals surface area contributed by atoms with Crippen LogP contribution in [0, 0.1) is 11.3 Å². The predicted molar refractivity (Wildman–Crippen MR) is 76.1 cm³/mol. The summed E-state index contributed by atoms with van der Waals surface area (Å²) in [5, 5.41) is 3.95. The molecule has 0 fully saturated rings. The SMILES string of the molecule is CCn1cc(S(=O)(=O)NCC(C)(C)C(C)C)c(N)n1. The van der Waals surface area contributed by atoms with Crippen molar-refractivity contribution in [2.75, 3.05) is 12.3 Å². The summed E-state index contributed by atoms with van der Waals surface area (Å²) in [6.45, 7) is 11.0. The molecular weight excluding hydrogens is 264 g/mol. The fourth-order valence-electron chi connectivity index (χ4n) is 1.35. The quantitative estimate of drug-likeness (QED) is 0.829. The van der Waals surface area contributed by atoms with E-state index < -0.39 is 10.0 Å². The van der Waals surface area contributed by atoms with Gasteiger partial charge in [0.15, 0.2) is 5.82 Å². The topological polar surface area (TPSA) is 90.0 Å². The van der Waals surface area contributed by atoms with E-state index in [1.807, 2.05) is 20.8 Å². The van der Waals surface area contributed by atoms with Crippen molar-refractivity contribution in [3.8, 4) is 0 Å². The zero-order valence-electron chi connectivity index (χ0n) is 12.3. The van der Waals surface area contributed by atoms with Crippen molar-refractivity contribution < 1.29 is 8.42 Å². The third-order valence-electron chi connectivity index (χ3n) is 3.65. The summed E-state index contributed by atoms with van der Waals surface area (Å²) in [5.41, 5.74) is 5.53. The number of nitrogens with one attached hydrogen (secondary N) is 1. The van der Waals surface area contributed by atoms with E-state index in [4.69, 9.17) is 5.73 Å². The fraction of sp³-hybridized carbons (Fsp3) is 0.750. The van der Waals surface area contributed by atoms with Gasteiger partial charge in [0, 0.05) is 19.3 Å². The van der Waals surface area contributed by atoms with Crippen molar-refractivity contribution >= 4 is 15.8 Å². The number of rotatable bonds is 6. The molecule has 0 unspecified atom stereocenters. The molecule has 1 rings (SSSR count). The summed E-state index contributed by atoms with van der Waals surface area (Å²) in [6.07, 6.45) is 1.46. The summed E-state index contributed by atoms with van der Waals surface area (Å²) >= 11 is 0. The first-order valence-corrected chi connectivity index (χ1v) is 7.91. The van der Waals surface area contributed by atoms with Gasteiger partial charge in [-0.2, -0.15) is 5.10 Å². The van der Waals surface area contributed by atoms with Gasteiger partial charge in [-0.05, 0) is 18.3 Å². The molecule has 110 valence electrons. The number of sulfonamides is 1. The smallest absolute Gasteiger partial charge is 0.245 e. The van der Waals surface area contributed by atoms with Crippen molar-refractivity contribution in [3.05, 3.63) is 6.20 Å². The first-order valence-electron chi connectivity index (χ1n) is 6.42. The highest BCUT2D eigenvalue weighted by atomic mass is 32.2. The molecule has 0 aliphatic heterocycles. The van der Waals surface area contributed by atoms with Crippen LogP contribution in [0.2, 0.25) is 0 Å². The molecule has 0 aliphatic rings. The Morgan fingerprint density at radius 3 is 2.47 bits per heavy atom. The largest absolute Gasteiger partial charge is 0.381 e. The van der Waals surface area contributed by atoms with Crippen molar-refractivity contribution in [1.29, 1.82) is 0 Å². The van der Waals surface area contributed by atoms with Gasteiger partial charge in [0.1, 0.15) is 4.90 Å². The Hall–Kier alpha value is -1.08. The number of aromatic nitrogens is 2. The molecule has 0 saturated heterocycles. The first-order chi connectivity index (χ1) is 8.60. The summed E-state index contributed by atoms with van der Waals surface area (Å²) < 4.78 is 28.5. The van der Waals surface area contributed by atoms with Crippen LogP contribution in [0.3, 0.4) is 0 Å². The lowest BCUT2D eigenvalue weighted by Crippen LogP contribution is -2.37. The Labute approximate surface area is 115 Å². The second-order valence-electron chi connectivity index (χ2n) is 5.70. The molecule has 0 radical (unpaired) electrons. The molecule has 1 aromatic heterocycles. The van der Waals surface area contributed by atoms with Crippen LogP contribution in [-0.2, 0) is 16.6 Å². The maximum atomic E-state index is 12.2. The second kappa shape index (κ2) is 5.50. The van der Waals surface area contributed by atoms with Gasteiger partial charge in [0.25, 0.3) is 0 Å². The van der Waals surface area contributed by atoms with E-state index in [9.17, 15) is 8.42 Å². The lowest BCUT2D eigenvalue weighted by atomic mass is 9.81. The Bertz CT molecular complexity index is 532. The monoisotopic (exact) mass is 288 g/mol. The predicted octanol–water partition coefficient (Wildman–Crippen LogP) is 1.45. The van der Waals surface area contributed by atoms with E-state index in [0.29, 0.717) is 19.0 Å². The van der Waals surface area contributed by atoms with Crippen molar-refractivity contribution in [2.24, 2.45) is 11.3 Å². The minimum atomic E-state index is -3.61. The molecule has 1 aromatic rings. The van der Waals surface area contributed by atoms with Gasteiger partial charge in [0.05, 0.1) is 0 Å². The first kappa shape index (κ1) is 16.0. The van der Waals surface area contributed by atoms with Crippen LogP contribution in [0.5, 0.6) is 0 Å². The summed E-state index contributed by atoms with van der Waals surface area (Å²) in [4.78, 5) is 0.0499. The zero-order chi connectivity index (χ0) is 14.8. The number of hydrogen-bond donors (Lipinski definition) is 2. The van der Waals surface area contributed by atoms with E-state index in [2.05, 4.69) is 23.7 Å². The maximum absolute atomic E-state index is 12.2. The highest BCUT2D eigenvalue weighted by molar-refractivity contribution is 7.89. The van der Waals surface area contributed by atoms with Crippen molar-refractivity contribution in [1.82, 2.24) is 14.5 Å². The Balaban J connectivity index is 2.90. The Morgan fingerprint density at radius 1 is 1.47 bits per heavy atom. The summed E-state index contributed by atoms with van der Waals surface area (Å²) in [6, 6.07) is 0. The minimum absolute atomic E-state index is 0.0386. The van der Waals surface area contributed by atoms with Crippen LogP contribution in [0.25, 0.3) is 0 Å². The van der Waals surface area contributed by atoms with E-state index in [-0.39, 0.29) is 16.1 Å². The van der Waals surface area contributed by atoms with Gasteiger partial charge in [-0.25, -0.2) is 13.1 Å². The lowest BCUT2D eigenvalue weighted by molar-refractivity contribution is 0.252. The normalized spacial score (nSPS) is 13.2.